The summed E-state index contributed by atoms with van der Waals surface area (Å²) in [7, 11) is 0. The van der Waals surface area contributed by atoms with Gasteiger partial charge in [0.15, 0.2) is 0 Å². The molecule has 1 atom stereocenters. The number of amides is 1. The molecular formula is C23H17Cl4N3O. The van der Waals surface area contributed by atoms with Gasteiger partial charge in [-0.3, -0.25) is 9.80 Å². The van der Waals surface area contributed by atoms with E-state index in [2.05, 4.69) is 5.32 Å². The number of nitrogens with one attached hydrogen (secondary N) is 1. The molecule has 8 heteroatoms. The van der Waals surface area contributed by atoms with E-state index in [0.29, 0.717) is 32.3 Å². The van der Waals surface area contributed by atoms with Crippen LogP contribution >= 0.6 is 46.4 Å². The largest absolute Gasteiger partial charge is 0.324 e. The highest BCUT2D eigenvalue weighted by Crippen LogP contribution is 2.30. The van der Waals surface area contributed by atoms with E-state index in [4.69, 9.17) is 51.5 Å². The second-order valence-electron chi connectivity index (χ2n) is 7.12. The van der Waals surface area contributed by atoms with Crippen LogP contribution in [0.1, 0.15) is 17.0 Å². The van der Waals surface area contributed by atoms with Crippen molar-refractivity contribution in [3.8, 4) is 0 Å². The maximum Gasteiger partial charge on any atom is 0.245 e. The lowest BCUT2D eigenvalue weighted by molar-refractivity contribution is -0.117. The van der Waals surface area contributed by atoms with E-state index in [0.717, 1.165) is 16.8 Å². The molecule has 3 aromatic rings. The highest BCUT2D eigenvalue weighted by atomic mass is 35.5. The number of hydrogen-bond donors (Lipinski definition) is 1. The normalized spacial score (nSPS) is 15.7. The predicted octanol–water partition coefficient (Wildman–Crippen LogP) is 6.74. The van der Waals surface area contributed by atoms with Gasteiger partial charge in [0.1, 0.15) is 6.54 Å². The maximum absolute atomic E-state index is 12.6. The first-order chi connectivity index (χ1) is 14.9. The lowest BCUT2D eigenvalue weighted by atomic mass is 9.91. The molecule has 158 valence electrons. The van der Waals surface area contributed by atoms with Crippen molar-refractivity contribution in [2.45, 2.75) is 5.92 Å². The average Bonchev–Trinajstić information content (AvgIpc) is 3.15. The van der Waals surface area contributed by atoms with Gasteiger partial charge in [-0.2, -0.15) is 5.10 Å². The Bertz CT molecular complexity index is 1130. The fourth-order valence-electron chi connectivity index (χ4n) is 3.44. The molecule has 0 saturated heterocycles. The van der Waals surface area contributed by atoms with Gasteiger partial charge in [0.05, 0.1) is 15.8 Å². The Morgan fingerprint density at radius 3 is 2.19 bits per heavy atom. The minimum atomic E-state index is -0.200. The van der Waals surface area contributed by atoms with Crippen LogP contribution in [-0.2, 0) is 4.79 Å². The molecule has 3 aromatic carbocycles. The number of rotatable bonds is 5. The summed E-state index contributed by atoms with van der Waals surface area (Å²) in [6.45, 7) is 0.663. The molecule has 0 saturated carbocycles. The van der Waals surface area contributed by atoms with Crippen molar-refractivity contribution < 1.29 is 4.79 Å². The summed E-state index contributed by atoms with van der Waals surface area (Å²) in [5, 5.41) is 11.5. The smallest absolute Gasteiger partial charge is 0.245 e. The van der Waals surface area contributed by atoms with Gasteiger partial charge in [-0.15, -0.1) is 0 Å². The number of hydrogen-bond acceptors (Lipinski definition) is 3. The van der Waals surface area contributed by atoms with E-state index in [9.17, 15) is 4.79 Å². The summed E-state index contributed by atoms with van der Waals surface area (Å²) in [6.07, 6.45) is 0. The van der Waals surface area contributed by atoms with Crippen LogP contribution in [0.25, 0.3) is 0 Å². The van der Waals surface area contributed by atoms with Gasteiger partial charge in [0.25, 0.3) is 0 Å². The second kappa shape index (κ2) is 9.49. The predicted molar refractivity (Wildman–Crippen MR) is 129 cm³/mol. The minimum Gasteiger partial charge on any atom is -0.324 e. The van der Waals surface area contributed by atoms with E-state index in [1.165, 1.54) is 0 Å². The third-order valence-electron chi connectivity index (χ3n) is 4.91. The van der Waals surface area contributed by atoms with Gasteiger partial charge >= 0.3 is 0 Å². The van der Waals surface area contributed by atoms with Crippen LogP contribution in [0.2, 0.25) is 20.1 Å². The summed E-state index contributed by atoms with van der Waals surface area (Å²) in [5.74, 6) is -0.203. The molecule has 0 radical (unpaired) electrons. The van der Waals surface area contributed by atoms with Gasteiger partial charge in [0.2, 0.25) is 5.91 Å². The molecule has 1 aliphatic rings. The topological polar surface area (TPSA) is 44.7 Å². The third-order valence-corrected chi connectivity index (χ3v) is 6.16. The molecule has 0 aromatic heterocycles. The lowest BCUT2D eigenvalue weighted by Gasteiger charge is -2.16. The zero-order chi connectivity index (χ0) is 22.0. The van der Waals surface area contributed by atoms with E-state index in [1.807, 2.05) is 48.5 Å². The van der Waals surface area contributed by atoms with Crippen LogP contribution in [0.4, 0.5) is 5.69 Å². The number of carbonyl (C=O) groups is 1. The molecule has 4 nitrogen and oxygen atoms in total. The van der Waals surface area contributed by atoms with E-state index < -0.39 is 0 Å². The fraction of sp³-hybridized carbons (Fsp3) is 0.130. The van der Waals surface area contributed by atoms with Crippen LogP contribution in [0, 0.1) is 0 Å². The lowest BCUT2D eigenvalue weighted by Crippen LogP contribution is -2.29. The monoisotopic (exact) mass is 491 g/mol. The summed E-state index contributed by atoms with van der Waals surface area (Å²) in [6, 6.07) is 20.2. The van der Waals surface area contributed by atoms with E-state index >= 15 is 0 Å². The average molecular weight is 493 g/mol. The quantitative estimate of drug-likeness (QED) is 0.428. The summed E-state index contributed by atoms with van der Waals surface area (Å²) in [5.41, 5.74) is 3.48. The minimum absolute atomic E-state index is 0.00350. The van der Waals surface area contributed by atoms with Gasteiger partial charge < -0.3 is 5.32 Å². The highest BCUT2D eigenvalue weighted by molar-refractivity contribution is 6.42. The van der Waals surface area contributed by atoms with E-state index in [1.54, 1.807) is 23.2 Å². The van der Waals surface area contributed by atoms with Crippen LogP contribution < -0.4 is 5.32 Å². The van der Waals surface area contributed by atoms with Crippen molar-refractivity contribution in [2.75, 3.05) is 18.4 Å². The first-order valence-corrected chi connectivity index (χ1v) is 11.0. The standard InChI is InChI=1S/C23H17Cl4N3O/c24-16-5-1-14(2-6-16)19-12-30(29-23(19)15-3-7-17(25)8-4-15)13-22(31)28-18-9-10-20(26)21(27)11-18/h1-11,19H,12-13H2,(H,28,31). The molecule has 1 amide bonds. The number of carbonyl (C=O) groups excluding carboxylic acids is 1. The van der Waals surface area contributed by atoms with Gasteiger partial charge in [-0.25, -0.2) is 0 Å². The van der Waals surface area contributed by atoms with Crippen molar-refractivity contribution in [3.63, 3.8) is 0 Å². The van der Waals surface area contributed by atoms with Crippen LogP contribution in [0.5, 0.6) is 0 Å². The maximum atomic E-state index is 12.6. The third kappa shape index (κ3) is 5.34. The zero-order valence-corrected chi connectivity index (χ0v) is 19.2. The van der Waals surface area contributed by atoms with Crippen molar-refractivity contribution in [3.05, 3.63) is 97.9 Å². The fourth-order valence-corrected chi connectivity index (χ4v) is 3.99. The summed E-state index contributed by atoms with van der Waals surface area (Å²) >= 11 is 24.1. The molecular weight excluding hydrogens is 476 g/mol. The number of benzene rings is 3. The molecule has 1 N–H and O–H groups in total. The number of halogens is 4. The molecule has 1 heterocycles. The van der Waals surface area contributed by atoms with Crippen LogP contribution in [0.15, 0.2) is 71.8 Å². The highest BCUT2D eigenvalue weighted by Gasteiger charge is 2.30. The molecule has 4 rings (SSSR count). The SMILES string of the molecule is O=C(CN1CC(c2ccc(Cl)cc2)C(c2ccc(Cl)cc2)=N1)Nc1ccc(Cl)c(Cl)c1. The van der Waals surface area contributed by atoms with Crippen molar-refractivity contribution in [1.29, 1.82) is 0 Å². The van der Waals surface area contributed by atoms with Crippen molar-refractivity contribution in [2.24, 2.45) is 5.10 Å². The zero-order valence-electron chi connectivity index (χ0n) is 16.2. The molecule has 1 aliphatic heterocycles. The Morgan fingerprint density at radius 1 is 0.903 bits per heavy atom. The molecule has 0 spiro atoms. The number of hydrazone groups is 1. The Kier molecular flexibility index (Phi) is 6.73. The first-order valence-electron chi connectivity index (χ1n) is 9.49. The Balaban J connectivity index is 1.54. The van der Waals surface area contributed by atoms with Gasteiger partial charge in [-0.05, 0) is 53.6 Å². The first kappa shape index (κ1) is 22.0. The summed E-state index contributed by atoms with van der Waals surface area (Å²) in [4.78, 5) is 12.6. The van der Waals surface area contributed by atoms with E-state index in [-0.39, 0.29) is 18.4 Å². The van der Waals surface area contributed by atoms with Gasteiger partial charge in [0, 0.05) is 28.2 Å². The van der Waals surface area contributed by atoms with Gasteiger partial charge in [-0.1, -0.05) is 70.7 Å². The molecule has 0 fully saturated rings. The number of nitrogens with zero attached hydrogens (tertiary/aromatic N) is 2. The molecule has 1 unspecified atom stereocenters. The van der Waals surface area contributed by atoms with Crippen molar-refractivity contribution >= 4 is 63.7 Å². The van der Waals surface area contributed by atoms with Crippen LogP contribution in [0.3, 0.4) is 0 Å². The Morgan fingerprint density at radius 2 is 1.55 bits per heavy atom. The Hall–Kier alpha value is -2.24. The summed E-state index contributed by atoms with van der Waals surface area (Å²) < 4.78 is 0. The molecule has 0 bridgehead atoms. The molecule has 31 heavy (non-hydrogen) atoms. The Labute approximate surface area is 200 Å². The second-order valence-corrected chi connectivity index (χ2v) is 8.81. The molecule has 0 aliphatic carbocycles. The van der Waals surface area contributed by atoms with Crippen LogP contribution in [-0.4, -0.2) is 29.7 Å². The van der Waals surface area contributed by atoms with Crippen molar-refractivity contribution in [1.82, 2.24) is 5.01 Å². The number of anilines is 1.